The molecule has 9 nitrogen and oxygen atoms in total. The molecule has 2 aromatic rings. The number of quaternary nitrogens is 1. The van der Waals surface area contributed by atoms with Crippen molar-refractivity contribution in [2.24, 2.45) is 0 Å². The highest BCUT2D eigenvalue weighted by Crippen LogP contribution is 2.41. The number of nitrogens with zero attached hydrogens (tertiary/aromatic N) is 3. The number of benzene rings is 1. The lowest BCUT2D eigenvalue weighted by molar-refractivity contribution is -0.804. The van der Waals surface area contributed by atoms with Crippen LogP contribution in [-0.2, 0) is 14.4 Å². The quantitative estimate of drug-likeness (QED) is 0.305. The molecule has 198 valence electrons. The average Bonchev–Trinajstić information content (AvgIpc) is 3.48. The minimum atomic E-state index is -1.26. The van der Waals surface area contributed by atoms with Gasteiger partial charge in [0.15, 0.2) is 18.0 Å². The molecule has 4 rings (SSSR count). The predicted octanol–water partition coefficient (Wildman–Crippen LogP) is 3.34. The van der Waals surface area contributed by atoms with E-state index in [-0.39, 0.29) is 5.78 Å². The largest absolute Gasteiger partial charge is 0.478 e. The number of aliphatic carboxylic acids is 2. The summed E-state index contributed by atoms with van der Waals surface area (Å²) in [7, 11) is 4.05. The Morgan fingerprint density at radius 1 is 1.00 bits per heavy atom. The Labute approximate surface area is 220 Å². The second-order valence-corrected chi connectivity index (χ2v) is 10.7. The van der Waals surface area contributed by atoms with E-state index in [4.69, 9.17) is 10.2 Å². The van der Waals surface area contributed by atoms with Gasteiger partial charge in [-0.15, -0.1) is 11.3 Å². The van der Waals surface area contributed by atoms with Gasteiger partial charge in [-0.1, -0.05) is 24.3 Å². The summed E-state index contributed by atoms with van der Waals surface area (Å²) in [4.78, 5) is 50.3. The van der Waals surface area contributed by atoms with Crippen LogP contribution in [0.3, 0.4) is 0 Å². The molecular weight excluding hydrogens is 494 g/mol. The summed E-state index contributed by atoms with van der Waals surface area (Å²) in [6.45, 7) is 3.45. The highest BCUT2D eigenvalue weighted by atomic mass is 32.1. The number of amides is 1. The van der Waals surface area contributed by atoms with Gasteiger partial charge in [-0.25, -0.2) is 18.9 Å². The topological polar surface area (TPSA) is 115 Å². The summed E-state index contributed by atoms with van der Waals surface area (Å²) in [5.74, 6) is -1.94. The fourth-order valence-electron chi connectivity index (χ4n) is 4.97. The lowest BCUT2D eigenvalue weighted by Gasteiger charge is -2.41. The second kappa shape index (κ2) is 12.3. The lowest BCUT2D eigenvalue weighted by atomic mass is 9.85. The van der Waals surface area contributed by atoms with E-state index in [1.807, 2.05) is 49.8 Å². The molecule has 10 heteroatoms. The molecule has 0 radical (unpaired) electrons. The molecule has 1 aromatic heterocycles. The van der Waals surface area contributed by atoms with Gasteiger partial charge in [0.2, 0.25) is 0 Å². The standard InChI is InChI=1S/C23H30N3O2S.C4H4O4/c1-26(2)18-25(19-8-4-3-5-9-19)23(22(26)28)12-15-24(16-13-23)14-6-10-20(27)21-11-7-17-29-21;5-3(6)1-2-4(7)8/h3-5,7-9,11,17H,6,10,12-16,18H2,1-2H3;1-2H,(H,5,6)(H,7,8)/q+1;/b;2-1+. The smallest absolute Gasteiger partial charge is 0.340 e. The third kappa shape index (κ3) is 7.12. The van der Waals surface area contributed by atoms with E-state index in [0.29, 0.717) is 29.0 Å². The number of para-hydroxylation sites is 1. The zero-order valence-corrected chi connectivity index (χ0v) is 22.0. The Bertz CT molecular complexity index is 1110. The Kier molecular flexibility index (Phi) is 9.36. The van der Waals surface area contributed by atoms with Crippen molar-refractivity contribution in [2.45, 2.75) is 31.2 Å². The summed E-state index contributed by atoms with van der Waals surface area (Å²) in [5.41, 5.74) is 0.730. The number of carbonyl (C=O) groups is 4. The summed E-state index contributed by atoms with van der Waals surface area (Å²) in [6.07, 6.45) is 4.29. The molecule has 1 amide bonds. The minimum absolute atomic E-state index is 0.244. The Balaban J connectivity index is 0.000000414. The van der Waals surface area contributed by atoms with Crippen molar-refractivity contribution >= 4 is 40.7 Å². The van der Waals surface area contributed by atoms with Gasteiger partial charge in [0, 0.05) is 37.3 Å². The maximum Gasteiger partial charge on any atom is 0.340 e. The molecule has 0 saturated carbocycles. The van der Waals surface area contributed by atoms with Gasteiger partial charge in [0.25, 0.3) is 0 Å². The number of carboxylic acid groups (broad SMARTS) is 2. The van der Waals surface area contributed by atoms with Crippen molar-refractivity contribution in [1.29, 1.82) is 0 Å². The molecule has 2 aliphatic heterocycles. The van der Waals surface area contributed by atoms with Gasteiger partial charge < -0.3 is 20.0 Å². The Hall–Kier alpha value is -3.34. The van der Waals surface area contributed by atoms with Crippen LogP contribution in [0.4, 0.5) is 5.69 Å². The molecule has 0 atom stereocenters. The number of piperidine rings is 1. The number of ketones is 1. The average molecular weight is 529 g/mol. The lowest BCUT2D eigenvalue weighted by Crippen LogP contribution is -2.57. The van der Waals surface area contributed by atoms with Crippen molar-refractivity contribution in [2.75, 3.05) is 45.3 Å². The molecule has 2 aliphatic rings. The van der Waals surface area contributed by atoms with Crippen LogP contribution in [0, 0.1) is 0 Å². The van der Waals surface area contributed by atoms with Crippen LogP contribution < -0.4 is 4.90 Å². The highest BCUT2D eigenvalue weighted by Gasteiger charge is 2.60. The molecule has 1 spiro atoms. The van der Waals surface area contributed by atoms with Crippen LogP contribution in [0.5, 0.6) is 0 Å². The summed E-state index contributed by atoms with van der Waals surface area (Å²) >= 11 is 1.52. The third-order valence-corrected chi connectivity index (χ3v) is 7.66. The number of anilines is 1. The van der Waals surface area contributed by atoms with E-state index in [1.165, 1.54) is 11.3 Å². The van der Waals surface area contributed by atoms with Crippen molar-refractivity contribution in [3.63, 3.8) is 0 Å². The van der Waals surface area contributed by atoms with E-state index >= 15 is 0 Å². The number of thiophene rings is 1. The third-order valence-electron chi connectivity index (χ3n) is 6.75. The van der Waals surface area contributed by atoms with Gasteiger partial charge in [-0.05, 0) is 49.4 Å². The summed E-state index contributed by atoms with van der Waals surface area (Å²) < 4.78 is 0.407. The van der Waals surface area contributed by atoms with Crippen LogP contribution in [0.2, 0.25) is 0 Å². The van der Waals surface area contributed by atoms with Gasteiger partial charge >= 0.3 is 17.8 Å². The SMILES string of the molecule is C[N+]1(C)CN(c2ccccc2)C2(CCN(CCCC(=O)c3cccs3)CC2)C1=O.O=C(O)/C=C/C(=O)O. The van der Waals surface area contributed by atoms with Crippen molar-refractivity contribution in [3.05, 3.63) is 64.9 Å². The molecule has 1 aromatic carbocycles. The van der Waals surface area contributed by atoms with Crippen molar-refractivity contribution < 1.29 is 33.9 Å². The predicted molar refractivity (Wildman–Crippen MR) is 142 cm³/mol. The maximum absolute atomic E-state index is 13.4. The minimum Gasteiger partial charge on any atom is -0.478 e. The van der Waals surface area contributed by atoms with Crippen LogP contribution in [-0.4, -0.2) is 89.2 Å². The molecule has 3 heterocycles. The van der Waals surface area contributed by atoms with Gasteiger partial charge in [-0.2, -0.15) is 0 Å². The van der Waals surface area contributed by atoms with Crippen LogP contribution in [0.25, 0.3) is 0 Å². The van der Waals surface area contributed by atoms with E-state index in [0.717, 1.165) is 56.1 Å². The zero-order valence-electron chi connectivity index (χ0n) is 21.2. The zero-order chi connectivity index (χ0) is 27.1. The first-order chi connectivity index (χ1) is 17.5. The first-order valence-corrected chi connectivity index (χ1v) is 13.1. The number of likely N-dealkylation sites (tertiary alicyclic amines) is 1. The fraction of sp³-hybridized carbons (Fsp3) is 0.407. The van der Waals surface area contributed by atoms with Crippen molar-refractivity contribution in [1.82, 2.24) is 4.90 Å². The maximum atomic E-state index is 13.4. The number of hydrogen-bond donors (Lipinski definition) is 2. The molecule has 2 N–H and O–H groups in total. The summed E-state index contributed by atoms with van der Waals surface area (Å²) in [6, 6.07) is 14.2. The Morgan fingerprint density at radius 3 is 2.16 bits per heavy atom. The Morgan fingerprint density at radius 2 is 1.62 bits per heavy atom. The number of Topliss-reactive ketones (excluding diaryl/α,β-unsaturated/α-hetero) is 1. The van der Waals surface area contributed by atoms with Gasteiger partial charge in [0.1, 0.15) is 0 Å². The molecule has 2 saturated heterocycles. The number of likely N-dealkylation sites (N-methyl/N-ethyl adjacent to an activating group) is 1. The second-order valence-electron chi connectivity index (χ2n) is 9.78. The number of carbonyl (C=O) groups excluding carboxylic acids is 2. The normalized spacial score (nSPS) is 18.5. The van der Waals surface area contributed by atoms with Gasteiger partial charge in [-0.3, -0.25) is 4.79 Å². The first kappa shape index (κ1) is 28.2. The number of rotatable bonds is 8. The van der Waals surface area contributed by atoms with E-state index in [2.05, 4.69) is 21.9 Å². The first-order valence-electron chi connectivity index (χ1n) is 12.2. The van der Waals surface area contributed by atoms with Crippen molar-refractivity contribution in [3.8, 4) is 0 Å². The molecule has 2 fully saturated rings. The van der Waals surface area contributed by atoms with E-state index in [9.17, 15) is 19.2 Å². The summed E-state index contributed by atoms with van der Waals surface area (Å²) in [5, 5.41) is 17.6. The van der Waals surface area contributed by atoms with E-state index in [1.54, 1.807) is 0 Å². The monoisotopic (exact) mass is 528 g/mol. The number of hydrogen-bond acceptors (Lipinski definition) is 7. The molecule has 37 heavy (non-hydrogen) atoms. The molecule has 0 bridgehead atoms. The van der Waals surface area contributed by atoms with Crippen LogP contribution in [0.1, 0.15) is 35.4 Å². The molecule has 0 unspecified atom stereocenters. The molecular formula is C27H34N3O6S+. The van der Waals surface area contributed by atoms with Crippen LogP contribution in [0.15, 0.2) is 60.0 Å². The van der Waals surface area contributed by atoms with Gasteiger partial charge in [0.05, 0.1) is 19.0 Å². The highest BCUT2D eigenvalue weighted by molar-refractivity contribution is 7.12. The fourth-order valence-corrected chi connectivity index (χ4v) is 5.66. The van der Waals surface area contributed by atoms with E-state index < -0.39 is 17.5 Å². The molecule has 0 aliphatic carbocycles. The van der Waals surface area contributed by atoms with Crippen LogP contribution >= 0.6 is 11.3 Å². The number of carboxylic acids is 2.